The summed E-state index contributed by atoms with van der Waals surface area (Å²) in [6, 6.07) is 14.7. The van der Waals surface area contributed by atoms with Gasteiger partial charge in [0.15, 0.2) is 0 Å². The number of hydrogen-bond acceptors (Lipinski definition) is 2. The summed E-state index contributed by atoms with van der Waals surface area (Å²) in [7, 11) is 0. The minimum Gasteiger partial charge on any atom is -0.324 e. The second-order valence-electron chi connectivity index (χ2n) is 6.35. The smallest absolute Gasteiger partial charge is 0.0548 e. The molecule has 0 radical (unpaired) electrons. The quantitative estimate of drug-likeness (QED) is 0.772. The van der Waals surface area contributed by atoms with E-state index in [1.165, 1.54) is 10.5 Å². The average molecular weight is 320 g/mol. The van der Waals surface area contributed by atoms with E-state index in [9.17, 15) is 0 Å². The summed E-state index contributed by atoms with van der Waals surface area (Å²) >= 11 is 8.03. The predicted molar refractivity (Wildman–Crippen MR) is 93.3 cm³/mol. The van der Waals surface area contributed by atoms with Gasteiger partial charge in [-0.3, -0.25) is 0 Å². The number of halogens is 1. The Morgan fingerprint density at radius 2 is 1.67 bits per heavy atom. The molecule has 2 aromatic rings. The lowest BCUT2D eigenvalue weighted by atomic mass is 9.87. The molecule has 1 unspecified atom stereocenters. The van der Waals surface area contributed by atoms with E-state index in [0.717, 1.165) is 15.5 Å². The third-order valence-electron chi connectivity index (χ3n) is 3.43. The van der Waals surface area contributed by atoms with Gasteiger partial charge in [-0.25, -0.2) is 0 Å². The van der Waals surface area contributed by atoms with Crippen LogP contribution < -0.4 is 5.73 Å². The van der Waals surface area contributed by atoms with E-state index >= 15 is 0 Å². The van der Waals surface area contributed by atoms with Gasteiger partial charge in [0.2, 0.25) is 0 Å². The molecule has 0 aliphatic carbocycles. The molecule has 1 nitrogen and oxygen atoms in total. The van der Waals surface area contributed by atoms with Gasteiger partial charge in [0.05, 0.1) is 5.02 Å². The number of hydrogen-bond donors (Lipinski definition) is 1. The highest BCUT2D eigenvalue weighted by Gasteiger charge is 2.13. The van der Waals surface area contributed by atoms with E-state index in [-0.39, 0.29) is 11.5 Å². The third-order valence-corrected chi connectivity index (χ3v) is 4.94. The van der Waals surface area contributed by atoms with Crippen molar-refractivity contribution >= 4 is 23.4 Å². The van der Waals surface area contributed by atoms with Crippen molar-refractivity contribution in [1.29, 1.82) is 0 Å². The zero-order valence-electron chi connectivity index (χ0n) is 13.0. The summed E-state index contributed by atoms with van der Waals surface area (Å²) in [6.45, 7) is 8.62. The van der Waals surface area contributed by atoms with Crippen LogP contribution in [0.5, 0.6) is 0 Å². The Balaban J connectivity index is 2.19. The largest absolute Gasteiger partial charge is 0.324 e. The Kier molecular flexibility index (Phi) is 5.03. The molecule has 0 amide bonds. The summed E-state index contributed by atoms with van der Waals surface area (Å²) in [5.74, 6) is 0. The summed E-state index contributed by atoms with van der Waals surface area (Å²) < 4.78 is 0. The summed E-state index contributed by atoms with van der Waals surface area (Å²) in [4.78, 5) is 2.25. The van der Waals surface area contributed by atoms with Crippen LogP contribution in [-0.4, -0.2) is 0 Å². The average Bonchev–Trinajstić information content (AvgIpc) is 2.40. The van der Waals surface area contributed by atoms with E-state index in [0.29, 0.717) is 0 Å². The molecule has 112 valence electrons. The second kappa shape index (κ2) is 6.43. The normalized spacial score (nSPS) is 13.2. The van der Waals surface area contributed by atoms with Crippen LogP contribution in [0.25, 0.3) is 0 Å². The van der Waals surface area contributed by atoms with Crippen LogP contribution in [0.2, 0.25) is 5.02 Å². The molecule has 0 spiro atoms. The predicted octanol–water partition coefficient (Wildman–Crippen LogP) is 5.81. The van der Waals surface area contributed by atoms with Gasteiger partial charge in [0.25, 0.3) is 0 Å². The topological polar surface area (TPSA) is 26.0 Å². The molecular weight excluding hydrogens is 298 g/mol. The highest BCUT2D eigenvalue weighted by atomic mass is 35.5. The second-order valence-corrected chi connectivity index (χ2v) is 7.88. The van der Waals surface area contributed by atoms with Gasteiger partial charge in [0, 0.05) is 15.8 Å². The molecule has 0 aliphatic rings. The Morgan fingerprint density at radius 3 is 2.14 bits per heavy atom. The van der Waals surface area contributed by atoms with Crippen molar-refractivity contribution in [3.8, 4) is 0 Å². The van der Waals surface area contributed by atoms with Gasteiger partial charge in [0.1, 0.15) is 0 Å². The summed E-state index contributed by atoms with van der Waals surface area (Å²) in [6.07, 6.45) is 0. The molecule has 0 aliphatic heterocycles. The lowest BCUT2D eigenvalue weighted by molar-refractivity contribution is 0.590. The van der Waals surface area contributed by atoms with Crippen LogP contribution in [0.4, 0.5) is 0 Å². The molecular formula is C18H22ClNS. The van der Waals surface area contributed by atoms with Gasteiger partial charge in [-0.1, -0.05) is 62.3 Å². The molecule has 0 bridgehead atoms. The first-order chi connectivity index (χ1) is 9.77. The third kappa shape index (κ3) is 4.26. The standard InChI is InChI=1S/C18H22ClNS/c1-12(20)13-5-10-17(16(19)11-13)21-15-8-6-14(7-9-15)18(2,3)4/h5-12H,20H2,1-4H3. The van der Waals surface area contributed by atoms with Gasteiger partial charge >= 0.3 is 0 Å². The van der Waals surface area contributed by atoms with Crippen molar-refractivity contribution in [1.82, 2.24) is 0 Å². The first kappa shape index (κ1) is 16.4. The maximum atomic E-state index is 6.35. The first-order valence-corrected chi connectivity index (χ1v) is 8.30. The molecule has 2 rings (SSSR count). The zero-order chi connectivity index (χ0) is 15.6. The van der Waals surface area contributed by atoms with Crippen molar-refractivity contribution < 1.29 is 0 Å². The summed E-state index contributed by atoms with van der Waals surface area (Å²) in [5.41, 5.74) is 8.46. The fraction of sp³-hybridized carbons (Fsp3) is 0.333. The SMILES string of the molecule is CC(N)c1ccc(Sc2ccc(C(C)(C)C)cc2)c(Cl)c1. The molecule has 1 atom stereocenters. The van der Waals surface area contributed by atoms with Crippen LogP contribution >= 0.6 is 23.4 Å². The minimum atomic E-state index is 0.00705. The van der Waals surface area contributed by atoms with Crippen LogP contribution in [0.3, 0.4) is 0 Å². The fourth-order valence-electron chi connectivity index (χ4n) is 2.03. The van der Waals surface area contributed by atoms with Crippen molar-refractivity contribution in [3.05, 3.63) is 58.6 Å². The van der Waals surface area contributed by atoms with Crippen LogP contribution in [0.1, 0.15) is 44.9 Å². The van der Waals surface area contributed by atoms with Crippen molar-refractivity contribution in [2.45, 2.75) is 48.9 Å². The van der Waals surface area contributed by atoms with Gasteiger partial charge in [-0.15, -0.1) is 0 Å². The van der Waals surface area contributed by atoms with Crippen LogP contribution in [-0.2, 0) is 5.41 Å². The van der Waals surface area contributed by atoms with Crippen LogP contribution in [0.15, 0.2) is 52.3 Å². The van der Waals surface area contributed by atoms with Crippen LogP contribution in [0, 0.1) is 0 Å². The van der Waals surface area contributed by atoms with E-state index in [1.807, 2.05) is 25.1 Å². The van der Waals surface area contributed by atoms with Gasteiger partial charge in [-0.05, 0) is 47.7 Å². The van der Waals surface area contributed by atoms with Crippen molar-refractivity contribution in [2.75, 3.05) is 0 Å². The highest BCUT2D eigenvalue weighted by molar-refractivity contribution is 7.99. The maximum absolute atomic E-state index is 6.35. The zero-order valence-corrected chi connectivity index (χ0v) is 14.6. The number of nitrogens with two attached hydrogens (primary N) is 1. The molecule has 3 heteroatoms. The Morgan fingerprint density at radius 1 is 1.05 bits per heavy atom. The molecule has 0 aromatic heterocycles. The van der Waals surface area contributed by atoms with E-state index in [4.69, 9.17) is 17.3 Å². The van der Waals surface area contributed by atoms with Crippen molar-refractivity contribution in [2.24, 2.45) is 5.73 Å². The van der Waals surface area contributed by atoms with Gasteiger partial charge in [-0.2, -0.15) is 0 Å². The summed E-state index contributed by atoms with van der Waals surface area (Å²) in [5, 5.41) is 0.759. The van der Waals surface area contributed by atoms with E-state index < -0.39 is 0 Å². The maximum Gasteiger partial charge on any atom is 0.0548 e. The van der Waals surface area contributed by atoms with Crippen molar-refractivity contribution in [3.63, 3.8) is 0 Å². The minimum absolute atomic E-state index is 0.00705. The highest BCUT2D eigenvalue weighted by Crippen LogP contribution is 2.35. The lowest BCUT2D eigenvalue weighted by Gasteiger charge is -2.19. The molecule has 0 saturated carbocycles. The Bertz CT molecular complexity index is 612. The number of benzene rings is 2. The Labute approximate surface area is 136 Å². The van der Waals surface area contributed by atoms with E-state index in [1.54, 1.807) is 11.8 Å². The first-order valence-electron chi connectivity index (χ1n) is 7.11. The molecule has 0 fully saturated rings. The molecule has 21 heavy (non-hydrogen) atoms. The fourth-order valence-corrected chi connectivity index (χ4v) is 3.16. The Hall–Kier alpha value is -0.960. The lowest BCUT2D eigenvalue weighted by Crippen LogP contribution is -2.10. The van der Waals surface area contributed by atoms with Gasteiger partial charge < -0.3 is 5.73 Å². The monoisotopic (exact) mass is 319 g/mol. The van der Waals surface area contributed by atoms with E-state index in [2.05, 4.69) is 45.0 Å². The molecule has 2 N–H and O–H groups in total. The number of rotatable bonds is 3. The molecule has 2 aromatic carbocycles. The molecule has 0 heterocycles. The molecule has 0 saturated heterocycles.